The lowest BCUT2D eigenvalue weighted by atomic mass is 9.91. The third-order valence-corrected chi connectivity index (χ3v) is 6.40. The van der Waals surface area contributed by atoms with Gasteiger partial charge in [-0.2, -0.15) is 13.2 Å². The van der Waals surface area contributed by atoms with Crippen molar-refractivity contribution in [1.29, 1.82) is 0 Å². The average Bonchev–Trinajstić information content (AvgIpc) is 3.02. The number of amides is 1. The number of carbonyl (C=O) groups is 1. The maximum atomic E-state index is 13.9. The number of rotatable bonds is 6. The Morgan fingerprint density at radius 2 is 1.74 bits per heavy atom. The Hall–Kier alpha value is -2.91. The second kappa shape index (κ2) is 8.39. The van der Waals surface area contributed by atoms with Crippen LogP contribution >= 0.6 is 0 Å². The summed E-state index contributed by atoms with van der Waals surface area (Å²) in [7, 11) is 0. The number of carbonyl (C=O) groups excluding carboxylic acids is 1. The lowest BCUT2D eigenvalue weighted by Gasteiger charge is -2.30. The molecule has 1 fully saturated rings. The summed E-state index contributed by atoms with van der Waals surface area (Å²) in [5.41, 5.74) is -3.35. The highest BCUT2D eigenvalue weighted by Crippen LogP contribution is 2.43. The summed E-state index contributed by atoms with van der Waals surface area (Å²) in [6.07, 6.45) is -2.60. The van der Waals surface area contributed by atoms with Crippen molar-refractivity contribution in [3.8, 4) is 0 Å². The van der Waals surface area contributed by atoms with Crippen LogP contribution in [-0.2, 0) is 22.2 Å². The van der Waals surface area contributed by atoms with Crippen LogP contribution in [0.3, 0.4) is 0 Å². The highest BCUT2D eigenvalue weighted by molar-refractivity contribution is 5.93. The number of halogens is 3. The number of hydrogen-bond acceptors (Lipinski definition) is 4. The van der Waals surface area contributed by atoms with Gasteiger partial charge in [-0.1, -0.05) is 30.3 Å². The summed E-state index contributed by atoms with van der Waals surface area (Å²) < 4.78 is 43.5. The van der Waals surface area contributed by atoms with Crippen molar-refractivity contribution >= 4 is 22.9 Å². The van der Waals surface area contributed by atoms with Crippen LogP contribution in [0.4, 0.5) is 19.1 Å². The van der Waals surface area contributed by atoms with Gasteiger partial charge in [0.1, 0.15) is 5.52 Å². The fourth-order valence-corrected chi connectivity index (χ4v) is 4.25. The maximum Gasteiger partial charge on any atom is 0.418 e. The molecular formula is C25H28F3N3O3. The Bertz CT molecular complexity index is 1210. The Balaban J connectivity index is 1.77. The average molecular weight is 476 g/mol. The number of hydrogen-bond donors (Lipinski definition) is 3. The molecule has 1 atom stereocenters. The zero-order valence-electron chi connectivity index (χ0n) is 19.3. The van der Waals surface area contributed by atoms with E-state index >= 15 is 0 Å². The molecule has 2 aromatic carbocycles. The highest BCUT2D eigenvalue weighted by Gasteiger charge is 2.38. The fourth-order valence-electron chi connectivity index (χ4n) is 4.25. The van der Waals surface area contributed by atoms with Crippen LogP contribution < -0.4 is 5.32 Å². The van der Waals surface area contributed by atoms with Gasteiger partial charge in [0, 0.05) is 6.04 Å². The van der Waals surface area contributed by atoms with E-state index in [-0.39, 0.29) is 35.0 Å². The minimum atomic E-state index is -4.70. The number of alkyl halides is 3. The Morgan fingerprint density at radius 1 is 1.09 bits per heavy atom. The molecule has 182 valence electrons. The van der Waals surface area contributed by atoms with E-state index in [1.807, 2.05) is 0 Å². The van der Waals surface area contributed by atoms with Crippen molar-refractivity contribution in [2.24, 2.45) is 0 Å². The number of nitrogens with zero attached hydrogens (tertiary/aromatic N) is 2. The smallest absolute Gasteiger partial charge is 0.386 e. The number of nitrogens with one attached hydrogen (secondary N) is 1. The molecule has 0 aliphatic heterocycles. The normalized spacial score (nSPS) is 16.8. The topological polar surface area (TPSA) is 87.4 Å². The summed E-state index contributed by atoms with van der Waals surface area (Å²) in [5.74, 6) is -0.562. The van der Waals surface area contributed by atoms with Gasteiger partial charge in [-0.15, -0.1) is 0 Å². The van der Waals surface area contributed by atoms with Gasteiger partial charge < -0.3 is 14.8 Å². The van der Waals surface area contributed by atoms with Gasteiger partial charge in [0.2, 0.25) is 11.9 Å². The lowest BCUT2D eigenvalue weighted by Crippen LogP contribution is -2.30. The molecule has 6 nitrogen and oxygen atoms in total. The first kappa shape index (κ1) is 24.2. The molecule has 0 spiro atoms. The number of anilines is 1. The van der Waals surface area contributed by atoms with E-state index < -0.39 is 28.8 Å². The summed E-state index contributed by atoms with van der Waals surface area (Å²) in [5, 5.41) is 23.9. The molecule has 1 saturated carbocycles. The number of benzene rings is 2. The van der Waals surface area contributed by atoms with E-state index in [0.29, 0.717) is 5.56 Å². The minimum Gasteiger partial charge on any atom is -0.386 e. The second-order valence-electron chi connectivity index (χ2n) is 9.70. The molecule has 34 heavy (non-hydrogen) atoms. The molecule has 4 rings (SSSR count). The molecule has 3 aromatic rings. The molecule has 0 bridgehead atoms. The van der Waals surface area contributed by atoms with Crippen LogP contribution in [0.5, 0.6) is 0 Å². The number of aromatic nitrogens is 2. The second-order valence-corrected chi connectivity index (χ2v) is 9.70. The molecule has 0 radical (unpaired) electrons. The maximum absolute atomic E-state index is 13.9. The summed E-state index contributed by atoms with van der Waals surface area (Å²) in [4.78, 5) is 17.1. The van der Waals surface area contributed by atoms with Crippen molar-refractivity contribution in [3.63, 3.8) is 0 Å². The van der Waals surface area contributed by atoms with E-state index in [1.165, 1.54) is 26.8 Å². The van der Waals surface area contributed by atoms with Crippen molar-refractivity contribution < 1.29 is 28.2 Å². The van der Waals surface area contributed by atoms with Gasteiger partial charge in [-0.25, -0.2) is 4.98 Å². The van der Waals surface area contributed by atoms with Gasteiger partial charge >= 0.3 is 6.18 Å². The standard InChI is InChI=1S/C25H28F3N3O3/c1-23(2,33)16-12-18(25(26,27)28)21-19(13-16)31(17-10-7-11-17)22(30-21)29-20(32)14-24(3,34)15-8-5-4-6-9-15/h4-6,8-9,12-13,17,33-34H,7,10-11,14H2,1-3H3,(H,29,30,32)/t24-/m1/s1. The molecule has 9 heteroatoms. The molecule has 1 amide bonds. The minimum absolute atomic E-state index is 0.00644. The fraction of sp³-hybridized carbons (Fsp3) is 0.440. The highest BCUT2D eigenvalue weighted by atomic mass is 19.4. The first-order valence-corrected chi connectivity index (χ1v) is 11.2. The SMILES string of the molecule is CC(C)(O)c1cc(C(F)(F)F)c2nc(NC(=O)C[C@@](C)(O)c3ccccc3)n(C3CCC3)c2c1. The van der Waals surface area contributed by atoms with Gasteiger partial charge in [-0.05, 0) is 63.3 Å². The van der Waals surface area contributed by atoms with E-state index in [1.54, 1.807) is 34.9 Å². The van der Waals surface area contributed by atoms with E-state index in [4.69, 9.17) is 0 Å². The number of imidazole rings is 1. The zero-order chi connectivity index (χ0) is 24.9. The van der Waals surface area contributed by atoms with Crippen molar-refractivity contribution in [3.05, 3.63) is 59.2 Å². The summed E-state index contributed by atoms with van der Waals surface area (Å²) in [6, 6.07) is 11.0. The molecule has 0 saturated heterocycles. The van der Waals surface area contributed by atoms with Crippen molar-refractivity contribution in [1.82, 2.24) is 9.55 Å². The van der Waals surface area contributed by atoms with Crippen LogP contribution in [0.2, 0.25) is 0 Å². The van der Waals surface area contributed by atoms with E-state index in [9.17, 15) is 28.2 Å². The summed E-state index contributed by atoms with van der Waals surface area (Å²) in [6.45, 7) is 4.35. The number of fused-ring (bicyclic) bond motifs is 1. The Labute approximate surface area is 195 Å². The molecule has 3 N–H and O–H groups in total. The van der Waals surface area contributed by atoms with Crippen molar-refractivity contribution in [2.75, 3.05) is 5.32 Å². The van der Waals surface area contributed by atoms with Gasteiger partial charge in [-0.3, -0.25) is 10.1 Å². The quantitative estimate of drug-likeness (QED) is 0.455. The molecule has 1 aliphatic carbocycles. The predicted octanol–water partition coefficient (Wildman–Crippen LogP) is 5.24. The number of aliphatic hydroxyl groups is 2. The largest absolute Gasteiger partial charge is 0.418 e. The monoisotopic (exact) mass is 475 g/mol. The molecule has 0 unspecified atom stereocenters. The van der Waals surface area contributed by atoms with E-state index in [2.05, 4.69) is 10.3 Å². The van der Waals surface area contributed by atoms with Gasteiger partial charge in [0.25, 0.3) is 0 Å². The van der Waals surface area contributed by atoms with Crippen LogP contribution in [0.25, 0.3) is 11.0 Å². The molecular weight excluding hydrogens is 447 g/mol. The first-order chi connectivity index (χ1) is 15.8. The molecule has 1 heterocycles. The van der Waals surface area contributed by atoms with E-state index in [0.717, 1.165) is 25.3 Å². The lowest BCUT2D eigenvalue weighted by molar-refractivity contribution is -0.136. The first-order valence-electron chi connectivity index (χ1n) is 11.2. The van der Waals surface area contributed by atoms with Crippen molar-refractivity contribution in [2.45, 2.75) is 69.9 Å². The van der Waals surface area contributed by atoms with Crippen LogP contribution in [0.1, 0.15) is 69.2 Å². The molecule has 1 aliphatic rings. The van der Waals surface area contributed by atoms with Crippen LogP contribution in [0.15, 0.2) is 42.5 Å². The third-order valence-electron chi connectivity index (χ3n) is 6.40. The molecule has 1 aromatic heterocycles. The van der Waals surface area contributed by atoms with Crippen LogP contribution in [0, 0.1) is 0 Å². The van der Waals surface area contributed by atoms with Gasteiger partial charge in [0.15, 0.2) is 0 Å². The van der Waals surface area contributed by atoms with Gasteiger partial charge in [0.05, 0.1) is 28.7 Å². The zero-order valence-corrected chi connectivity index (χ0v) is 19.3. The third kappa shape index (κ3) is 4.67. The van der Waals surface area contributed by atoms with Crippen LogP contribution in [-0.4, -0.2) is 25.7 Å². The predicted molar refractivity (Wildman–Crippen MR) is 122 cm³/mol. The summed E-state index contributed by atoms with van der Waals surface area (Å²) >= 11 is 0. The Kier molecular flexibility index (Phi) is 5.98. The Morgan fingerprint density at radius 3 is 2.26 bits per heavy atom.